The molecule has 0 spiro atoms. The van der Waals surface area contributed by atoms with Crippen LogP contribution in [0.1, 0.15) is 26.2 Å². The van der Waals surface area contributed by atoms with Gasteiger partial charge in [0.25, 0.3) is 0 Å². The van der Waals surface area contributed by atoms with E-state index >= 15 is 0 Å². The van der Waals surface area contributed by atoms with Gasteiger partial charge >= 0.3 is 0 Å². The van der Waals surface area contributed by atoms with Crippen LogP contribution in [-0.4, -0.2) is 30.9 Å². The quantitative estimate of drug-likeness (QED) is 0.824. The zero-order valence-electron chi connectivity index (χ0n) is 11.4. The molecule has 0 atom stereocenters. The summed E-state index contributed by atoms with van der Waals surface area (Å²) in [5.41, 5.74) is 0.762. The molecule has 0 bridgehead atoms. The lowest BCUT2D eigenvalue weighted by atomic mass is 10.3. The first kappa shape index (κ1) is 16.1. The molecular weight excluding hydrogens is 283 g/mol. The van der Waals surface area contributed by atoms with Crippen molar-refractivity contribution in [3.63, 3.8) is 0 Å². The van der Waals surface area contributed by atoms with Crippen LogP contribution in [0.4, 0.5) is 5.69 Å². The zero-order valence-corrected chi connectivity index (χ0v) is 12.9. The fourth-order valence-corrected chi connectivity index (χ4v) is 2.02. The van der Waals surface area contributed by atoms with Gasteiger partial charge in [0.1, 0.15) is 0 Å². The predicted molar refractivity (Wildman–Crippen MR) is 82.1 cm³/mol. The van der Waals surface area contributed by atoms with Gasteiger partial charge in [0.15, 0.2) is 0 Å². The molecule has 106 valence electrons. The lowest BCUT2D eigenvalue weighted by Gasteiger charge is -2.17. The van der Waals surface area contributed by atoms with Crippen molar-refractivity contribution in [3.8, 4) is 0 Å². The zero-order chi connectivity index (χ0) is 14.3. The van der Waals surface area contributed by atoms with Crippen LogP contribution in [-0.2, 0) is 4.79 Å². The van der Waals surface area contributed by atoms with E-state index in [1.54, 1.807) is 11.0 Å². The molecule has 0 aliphatic heterocycles. The molecule has 0 heterocycles. The van der Waals surface area contributed by atoms with Gasteiger partial charge in [-0.1, -0.05) is 42.6 Å². The van der Waals surface area contributed by atoms with E-state index in [0.29, 0.717) is 23.0 Å². The maximum Gasteiger partial charge on any atom is 0.224 e. The van der Waals surface area contributed by atoms with Crippen molar-refractivity contribution in [1.29, 1.82) is 0 Å². The molecule has 1 amide bonds. The van der Waals surface area contributed by atoms with Crippen molar-refractivity contribution in [2.45, 2.75) is 26.2 Å². The second-order valence-electron chi connectivity index (χ2n) is 4.45. The smallest absolute Gasteiger partial charge is 0.224 e. The Hall–Kier alpha value is -0.930. The third-order valence-corrected chi connectivity index (χ3v) is 3.70. The van der Waals surface area contributed by atoms with E-state index in [2.05, 4.69) is 12.2 Å². The fourth-order valence-electron chi connectivity index (χ4n) is 1.66. The summed E-state index contributed by atoms with van der Waals surface area (Å²) in [6, 6.07) is 5.41. The predicted octanol–water partition coefficient (Wildman–Crippen LogP) is 4.05. The first-order chi connectivity index (χ1) is 9.06. The Morgan fingerprint density at radius 1 is 1.37 bits per heavy atom. The molecule has 1 N–H and O–H groups in total. The van der Waals surface area contributed by atoms with E-state index in [1.165, 1.54) is 0 Å². The Balaban J connectivity index is 2.37. The molecule has 0 saturated carbocycles. The highest BCUT2D eigenvalue weighted by Crippen LogP contribution is 2.29. The van der Waals surface area contributed by atoms with E-state index in [9.17, 15) is 4.79 Å². The number of nitrogens with one attached hydrogen (secondary N) is 1. The average molecular weight is 303 g/mol. The molecule has 3 nitrogen and oxygen atoms in total. The molecule has 0 fully saturated rings. The summed E-state index contributed by atoms with van der Waals surface area (Å²) in [7, 11) is 1.84. The topological polar surface area (TPSA) is 32.3 Å². The van der Waals surface area contributed by atoms with E-state index in [0.717, 1.165) is 25.1 Å². The standard InChI is InChI=1S/C14H20Cl2N2O/c1-3-4-10-18(2)13(19)8-9-17-12-7-5-6-11(15)14(12)16/h5-7,17H,3-4,8-10H2,1-2H3. The minimum atomic E-state index is 0.138. The van der Waals surface area contributed by atoms with Gasteiger partial charge in [0, 0.05) is 26.6 Å². The SMILES string of the molecule is CCCCN(C)C(=O)CCNc1cccc(Cl)c1Cl. The van der Waals surface area contributed by atoms with Gasteiger partial charge in [-0.2, -0.15) is 0 Å². The molecule has 0 radical (unpaired) electrons. The molecule has 0 aliphatic carbocycles. The first-order valence-electron chi connectivity index (χ1n) is 6.48. The molecule has 1 aromatic rings. The third-order valence-electron chi connectivity index (χ3n) is 2.88. The van der Waals surface area contributed by atoms with Crippen LogP contribution in [0, 0.1) is 0 Å². The fraction of sp³-hybridized carbons (Fsp3) is 0.500. The summed E-state index contributed by atoms with van der Waals surface area (Å²) in [4.78, 5) is 13.6. The number of unbranched alkanes of at least 4 members (excludes halogenated alkanes) is 1. The summed E-state index contributed by atoms with van der Waals surface area (Å²) in [6.45, 7) is 3.48. The van der Waals surface area contributed by atoms with E-state index in [-0.39, 0.29) is 5.91 Å². The maximum absolute atomic E-state index is 11.8. The number of carbonyl (C=O) groups excluding carboxylic acids is 1. The normalized spacial score (nSPS) is 10.3. The van der Waals surface area contributed by atoms with Gasteiger partial charge in [-0.15, -0.1) is 0 Å². The molecule has 1 aromatic carbocycles. The van der Waals surface area contributed by atoms with Crippen molar-refractivity contribution in [2.75, 3.05) is 25.5 Å². The third kappa shape index (κ3) is 5.29. The van der Waals surface area contributed by atoms with E-state index < -0.39 is 0 Å². The summed E-state index contributed by atoms with van der Waals surface area (Å²) in [6.07, 6.45) is 2.58. The minimum Gasteiger partial charge on any atom is -0.383 e. The van der Waals surface area contributed by atoms with Gasteiger partial charge < -0.3 is 10.2 Å². The van der Waals surface area contributed by atoms with Gasteiger partial charge in [0.2, 0.25) is 5.91 Å². The minimum absolute atomic E-state index is 0.138. The lowest BCUT2D eigenvalue weighted by Crippen LogP contribution is -2.29. The number of halogens is 2. The molecule has 0 saturated heterocycles. The number of anilines is 1. The number of rotatable bonds is 7. The van der Waals surface area contributed by atoms with Crippen LogP contribution in [0.2, 0.25) is 10.0 Å². The van der Waals surface area contributed by atoms with Crippen molar-refractivity contribution < 1.29 is 4.79 Å². The first-order valence-corrected chi connectivity index (χ1v) is 7.23. The van der Waals surface area contributed by atoms with Crippen LogP contribution in [0.5, 0.6) is 0 Å². The monoisotopic (exact) mass is 302 g/mol. The highest BCUT2D eigenvalue weighted by molar-refractivity contribution is 6.43. The van der Waals surface area contributed by atoms with Crippen LogP contribution in [0.25, 0.3) is 0 Å². The van der Waals surface area contributed by atoms with Gasteiger partial charge in [-0.05, 0) is 18.6 Å². The van der Waals surface area contributed by atoms with Crippen LogP contribution >= 0.6 is 23.2 Å². The molecule has 0 aromatic heterocycles. The van der Waals surface area contributed by atoms with Crippen molar-refractivity contribution in [3.05, 3.63) is 28.2 Å². The second kappa shape index (κ2) is 8.28. The van der Waals surface area contributed by atoms with Crippen molar-refractivity contribution >= 4 is 34.8 Å². The number of hydrogen-bond donors (Lipinski definition) is 1. The molecular formula is C14H20Cl2N2O. The largest absolute Gasteiger partial charge is 0.383 e. The van der Waals surface area contributed by atoms with Crippen LogP contribution in [0.3, 0.4) is 0 Å². The van der Waals surface area contributed by atoms with Crippen LogP contribution in [0.15, 0.2) is 18.2 Å². The molecule has 1 rings (SSSR count). The van der Waals surface area contributed by atoms with Crippen molar-refractivity contribution in [2.24, 2.45) is 0 Å². The Morgan fingerprint density at radius 3 is 2.79 bits per heavy atom. The number of hydrogen-bond acceptors (Lipinski definition) is 2. The molecule has 19 heavy (non-hydrogen) atoms. The lowest BCUT2D eigenvalue weighted by molar-refractivity contribution is -0.129. The molecule has 0 unspecified atom stereocenters. The van der Waals surface area contributed by atoms with E-state index in [1.807, 2.05) is 19.2 Å². The summed E-state index contributed by atoms with van der Waals surface area (Å²) < 4.78 is 0. The molecule has 5 heteroatoms. The van der Waals surface area contributed by atoms with Crippen LogP contribution < -0.4 is 5.32 Å². The van der Waals surface area contributed by atoms with E-state index in [4.69, 9.17) is 23.2 Å². The number of nitrogens with zero attached hydrogens (tertiary/aromatic N) is 1. The van der Waals surface area contributed by atoms with Crippen molar-refractivity contribution in [1.82, 2.24) is 4.90 Å². The number of carbonyl (C=O) groups is 1. The Kier molecular flexibility index (Phi) is 7.03. The maximum atomic E-state index is 11.8. The summed E-state index contributed by atoms with van der Waals surface area (Å²) in [5, 5.41) is 4.14. The molecule has 0 aliphatic rings. The summed E-state index contributed by atoms with van der Waals surface area (Å²) >= 11 is 12.0. The van der Waals surface area contributed by atoms with Gasteiger partial charge in [-0.3, -0.25) is 4.79 Å². The second-order valence-corrected chi connectivity index (χ2v) is 5.23. The highest BCUT2D eigenvalue weighted by atomic mass is 35.5. The highest BCUT2D eigenvalue weighted by Gasteiger charge is 2.08. The Labute approximate surface area is 124 Å². The number of benzene rings is 1. The van der Waals surface area contributed by atoms with Gasteiger partial charge in [0.05, 0.1) is 15.7 Å². The Bertz CT molecular complexity index is 424. The summed E-state index contributed by atoms with van der Waals surface area (Å²) in [5.74, 6) is 0.138. The average Bonchev–Trinajstić information content (AvgIpc) is 2.40. The Morgan fingerprint density at radius 2 is 2.11 bits per heavy atom. The number of amides is 1. The van der Waals surface area contributed by atoms with Gasteiger partial charge in [-0.25, -0.2) is 0 Å².